The number of likely N-dealkylation sites (tertiary alicyclic amines) is 1. The molecular weight excluding hydrogens is 322 g/mol. The van der Waals surface area contributed by atoms with Gasteiger partial charge in [0.1, 0.15) is 0 Å². The smallest absolute Gasteiger partial charge is 0.303 e. The maximum atomic E-state index is 12.9. The fourth-order valence-electron chi connectivity index (χ4n) is 3.32. The Hall–Kier alpha value is -2.64. The van der Waals surface area contributed by atoms with Crippen molar-refractivity contribution in [2.75, 3.05) is 13.1 Å². The Kier molecular flexibility index (Phi) is 5.16. The zero-order chi connectivity index (χ0) is 17.8. The summed E-state index contributed by atoms with van der Waals surface area (Å²) < 4.78 is 1.80. The molecule has 3 rings (SSSR count). The molecule has 1 fully saturated rings. The van der Waals surface area contributed by atoms with Crippen molar-refractivity contribution >= 4 is 11.9 Å². The van der Waals surface area contributed by atoms with Gasteiger partial charge in [-0.25, -0.2) is 0 Å². The number of carboxylic acids is 1. The number of aromatic amines is 1. The number of nitrogens with one attached hydrogen (secondary N) is 1. The van der Waals surface area contributed by atoms with Gasteiger partial charge in [0.05, 0.1) is 23.7 Å². The van der Waals surface area contributed by atoms with Crippen LogP contribution in [0.15, 0.2) is 18.6 Å². The number of nitrogens with zero attached hydrogens (tertiary/aromatic N) is 4. The standard InChI is InChI=1S/C17H23N5O3/c1-2-22-11-13(8-19-22)16-14(9-18-20-16)17(25)21-7-3-4-12(10-21)5-6-15(23)24/h8-9,11-12H,2-7,10H2,1H3,(H,18,20)(H,23,24). The molecule has 2 aromatic heterocycles. The molecule has 0 bridgehead atoms. The highest BCUT2D eigenvalue weighted by atomic mass is 16.4. The second-order valence-corrected chi connectivity index (χ2v) is 6.44. The molecule has 1 saturated heterocycles. The van der Waals surface area contributed by atoms with E-state index in [0.29, 0.717) is 30.8 Å². The Morgan fingerprint density at radius 3 is 2.96 bits per heavy atom. The summed E-state index contributed by atoms with van der Waals surface area (Å²) in [5, 5.41) is 20.0. The molecular formula is C17H23N5O3. The number of amides is 1. The van der Waals surface area contributed by atoms with Crippen molar-refractivity contribution in [2.45, 2.75) is 39.2 Å². The van der Waals surface area contributed by atoms with Crippen molar-refractivity contribution in [2.24, 2.45) is 5.92 Å². The quantitative estimate of drug-likeness (QED) is 0.833. The van der Waals surface area contributed by atoms with E-state index in [4.69, 9.17) is 5.11 Å². The number of aryl methyl sites for hydroxylation is 1. The van der Waals surface area contributed by atoms with Crippen molar-refractivity contribution in [3.05, 3.63) is 24.2 Å². The van der Waals surface area contributed by atoms with E-state index >= 15 is 0 Å². The second kappa shape index (κ2) is 7.50. The first kappa shape index (κ1) is 17.2. The largest absolute Gasteiger partial charge is 0.481 e. The lowest BCUT2D eigenvalue weighted by Gasteiger charge is -2.32. The summed E-state index contributed by atoms with van der Waals surface area (Å²) >= 11 is 0. The van der Waals surface area contributed by atoms with E-state index in [9.17, 15) is 9.59 Å². The predicted molar refractivity (Wildman–Crippen MR) is 91.0 cm³/mol. The van der Waals surface area contributed by atoms with Crippen molar-refractivity contribution in [1.29, 1.82) is 0 Å². The molecule has 25 heavy (non-hydrogen) atoms. The van der Waals surface area contributed by atoms with Gasteiger partial charge in [0.2, 0.25) is 0 Å². The third-order valence-corrected chi connectivity index (χ3v) is 4.69. The number of aromatic nitrogens is 4. The van der Waals surface area contributed by atoms with Crippen molar-refractivity contribution in [3.63, 3.8) is 0 Å². The molecule has 1 aliphatic heterocycles. The highest BCUT2D eigenvalue weighted by Crippen LogP contribution is 2.26. The lowest BCUT2D eigenvalue weighted by Crippen LogP contribution is -2.40. The van der Waals surface area contributed by atoms with Gasteiger partial charge >= 0.3 is 5.97 Å². The Labute approximate surface area is 145 Å². The first-order valence-corrected chi connectivity index (χ1v) is 8.65. The average Bonchev–Trinajstić information content (AvgIpc) is 3.28. The molecule has 1 aliphatic rings. The molecule has 0 saturated carbocycles. The molecule has 0 radical (unpaired) electrons. The lowest BCUT2D eigenvalue weighted by molar-refractivity contribution is -0.137. The minimum Gasteiger partial charge on any atom is -0.481 e. The maximum absolute atomic E-state index is 12.9. The Bertz CT molecular complexity index is 751. The van der Waals surface area contributed by atoms with E-state index in [-0.39, 0.29) is 18.2 Å². The molecule has 2 N–H and O–H groups in total. The van der Waals surface area contributed by atoms with Crippen LogP contribution in [-0.2, 0) is 11.3 Å². The Morgan fingerprint density at radius 1 is 1.40 bits per heavy atom. The predicted octanol–water partition coefficient (Wildman–Crippen LogP) is 2.01. The summed E-state index contributed by atoms with van der Waals surface area (Å²) in [7, 11) is 0. The summed E-state index contributed by atoms with van der Waals surface area (Å²) in [6, 6.07) is 0. The molecule has 0 spiro atoms. The number of carboxylic acid groups (broad SMARTS) is 1. The van der Waals surface area contributed by atoms with E-state index in [1.807, 2.05) is 18.0 Å². The van der Waals surface area contributed by atoms with E-state index in [1.54, 1.807) is 17.1 Å². The van der Waals surface area contributed by atoms with Crippen LogP contribution < -0.4 is 0 Å². The van der Waals surface area contributed by atoms with Gasteiger partial charge < -0.3 is 10.0 Å². The normalized spacial score (nSPS) is 17.6. The highest BCUT2D eigenvalue weighted by molar-refractivity contribution is 5.99. The van der Waals surface area contributed by atoms with Crippen LogP contribution in [-0.4, -0.2) is 55.0 Å². The van der Waals surface area contributed by atoms with Gasteiger partial charge in [0.25, 0.3) is 5.91 Å². The number of hydrogen-bond donors (Lipinski definition) is 2. The topological polar surface area (TPSA) is 104 Å². The van der Waals surface area contributed by atoms with Crippen LogP contribution in [0, 0.1) is 5.92 Å². The number of piperidine rings is 1. The molecule has 0 aliphatic carbocycles. The van der Waals surface area contributed by atoms with Gasteiger partial charge in [-0.05, 0) is 32.1 Å². The summed E-state index contributed by atoms with van der Waals surface area (Å²) in [5.74, 6) is -0.603. The summed E-state index contributed by atoms with van der Waals surface area (Å²) in [6.45, 7) is 4.06. The minimum absolute atomic E-state index is 0.0620. The average molecular weight is 345 g/mol. The number of carbonyl (C=O) groups excluding carboxylic acids is 1. The molecule has 0 aromatic carbocycles. The van der Waals surface area contributed by atoms with E-state index < -0.39 is 5.97 Å². The van der Waals surface area contributed by atoms with Crippen LogP contribution in [0.25, 0.3) is 11.3 Å². The Morgan fingerprint density at radius 2 is 2.24 bits per heavy atom. The summed E-state index contributed by atoms with van der Waals surface area (Å²) in [5.41, 5.74) is 2.05. The number of H-pyrrole nitrogens is 1. The van der Waals surface area contributed by atoms with Crippen LogP contribution in [0.5, 0.6) is 0 Å². The molecule has 134 valence electrons. The van der Waals surface area contributed by atoms with E-state index in [2.05, 4.69) is 15.3 Å². The fourth-order valence-corrected chi connectivity index (χ4v) is 3.32. The third-order valence-electron chi connectivity index (χ3n) is 4.69. The molecule has 8 nitrogen and oxygen atoms in total. The van der Waals surface area contributed by atoms with Gasteiger partial charge in [0.15, 0.2) is 0 Å². The van der Waals surface area contributed by atoms with Crippen molar-refractivity contribution in [1.82, 2.24) is 24.9 Å². The van der Waals surface area contributed by atoms with E-state index in [0.717, 1.165) is 24.9 Å². The maximum Gasteiger partial charge on any atom is 0.303 e. The van der Waals surface area contributed by atoms with Crippen LogP contribution in [0.2, 0.25) is 0 Å². The summed E-state index contributed by atoms with van der Waals surface area (Å²) in [4.78, 5) is 25.5. The number of rotatable bonds is 6. The molecule has 3 heterocycles. The van der Waals surface area contributed by atoms with E-state index in [1.165, 1.54) is 0 Å². The molecule has 1 atom stereocenters. The van der Waals surface area contributed by atoms with Crippen LogP contribution >= 0.6 is 0 Å². The zero-order valence-electron chi connectivity index (χ0n) is 14.3. The van der Waals surface area contributed by atoms with Crippen molar-refractivity contribution in [3.8, 4) is 11.3 Å². The van der Waals surface area contributed by atoms with Gasteiger partial charge in [-0.3, -0.25) is 19.4 Å². The summed E-state index contributed by atoms with van der Waals surface area (Å²) in [6.07, 6.45) is 7.80. The van der Waals surface area contributed by atoms with Crippen LogP contribution in [0.3, 0.4) is 0 Å². The third kappa shape index (κ3) is 3.89. The van der Waals surface area contributed by atoms with Crippen LogP contribution in [0.1, 0.15) is 43.0 Å². The van der Waals surface area contributed by atoms with Gasteiger partial charge in [0, 0.05) is 37.8 Å². The first-order chi connectivity index (χ1) is 12.1. The van der Waals surface area contributed by atoms with Crippen LogP contribution in [0.4, 0.5) is 0 Å². The zero-order valence-corrected chi connectivity index (χ0v) is 14.3. The molecule has 2 aromatic rings. The second-order valence-electron chi connectivity index (χ2n) is 6.44. The fraction of sp³-hybridized carbons (Fsp3) is 0.529. The molecule has 1 unspecified atom stereocenters. The molecule has 1 amide bonds. The van der Waals surface area contributed by atoms with Crippen molar-refractivity contribution < 1.29 is 14.7 Å². The van der Waals surface area contributed by atoms with Gasteiger partial charge in [-0.2, -0.15) is 10.2 Å². The lowest BCUT2D eigenvalue weighted by atomic mass is 9.93. The minimum atomic E-state index is -0.784. The first-order valence-electron chi connectivity index (χ1n) is 8.65. The van der Waals surface area contributed by atoms with Gasteiger partial charge in [-0.1, -0.05) is 0 Å². The molecule has 8 heteroatoms. The SMILES string of the molecule is CCn1cc(-c2[nH]ncc2C(=O)N2CCCC(CCC(=O)O)C2)cn1. The number of carbonyl (C=O) groups is 2. The monoisotopic (exact) mass is 345 g/mol. The number of hydrogen-bond acceptors (Lipinski definition) is 4. The van der Waals surface area contributed by atoms with Gasteiger partial charge in [-0.15, -0.1) is 0 Å². The Balaban J connectivity index is 1.73. The number of aliphatic carboxylic acids is 1. The highest BCUT2D eigenvalue weighted by Gasteiger charge is 2.27.